The maximum Gasteiger partial charge on any atom is 0.246 e. The highest BCUT2D eigenvalue weighted by Gasteiger charge is 2.23. The molecule has 1 fully saturated rings. The Labute approximate surface area is 146 Å². The first-order valence-corrected chi connectivity index (χ1v) is 8.96. The van der Waals surface area contributed by atoms with Crippen molar-refractivity contribution in [3.05, 3.63) is 34.6 Å². The molecule has 24 heavy (non-hydrogen) atoms. The normalized spacial score (nSPS) is 20.6. The number of benzene rings is 1. The molecule has 0 aliphatic carbocycles. The van der Waals surface area contributed by atoms with Gasteiger partial charge in [0.1, 0.15) is 11.3 Å². The molecule has 0 bridgehead atoms. The average Bonchev–Trinajstić information content (AvgIpc) is 3.17. The van der Waals surface area contributed by atoms with Crippen LogP contribution in [-0.2, 0) is 11.2 Å². The van der Waals surface area contributed by atoms with E-state index in [0.717, 1.165) is 66.9 Å². The van der Waals surface area contributed by atoms with Crippen molar-refractivity contribution in [3.8, 4) is 0 Å². The van der Waals surface area contributed by atoms with E-state index in [0.29, 0.717) is 10.9 Å². The summed E-state index contributed by atoms with van der Waals surface area (Å²) in [6.07, 6.45) is 6.57. The van der Waals surface area contributed by atoms with Crippen LogP contribution in [0.25, 0.3) is 17.0 Å². The lowest BCUT2D eigenvalue weighted by Crippen LogP contribution is -2.25. The molecule has 1 aromatic heterocycles. The molecule has 5 heteroatoms. The Hall–Kier alpha value is -1.94. The van der Waals surface area contributed by atoms with Gasteiger partial charge in [-0.25, -0.2) is 0 Å². The largest absolute Gasteiger partial charge is 0.456 e. The van der Waals surface area contributed by atoms with Crippen molar-refractivity contribution in [1.82, 2.24) is 4.90 Å². The number of furan rings is 1. The Bertz CT molecular complexity index is 818. The number of halogens is 1. The Morgan fingerprint density at radius 1 is 1.38 bits per heavy atom. The van der Waals surface area contributed by atoms with Crippen molar-refractivity contribution in [2.75, 3.05) is 25.0 Å². The summed E-state index contributed by atoms with van der Waals surface area (Å²) >= 11 is 6.37. The standard InChI is InChI=1S/C19H21ClN2O2/c1-12-10-13-15(6-7-17(23)22-8-2-3-9-22)24-16-5-4-14(20)19(18(13)16)21-11-12/h4-7,12,21H,2-3,8-11H2,1H3. The van der Waals surface area contributed by atoms with E-state index < -0.39 is 0 Å². The van der Waals surface area contributed by atoms with E-state index in [2.05, 4.69) is 12.2 Å². The maximum absolute atomic E-state index is 12.3. The van der Waals surface area contributed by atoms with Gasteiger partial charge in [0.25, 0.3) is 0 Å². The van der Waals surface area contributed by atoms with Crippen LogP contribution in [0.3, 0.4) is 0 Å². The van der Waals surface area contributed by atoms with Crippen LogP contribution in [0.2, 0.25) is 5.02 Å². The molecule has 2 aliphatic heterocycles. The van der Waals surface area contributed by atoms with Crippen LogP contribution >= 0.6 is 11.6 Å². The summed E-state index contributed by atoms with van der Waals surface area (Å²) in [4.78, 5) is 14.2. The Morgan fingerprint density at radius 2 is 2.17 bits per heavy atom. The molecule has 0 radical (unpaired) electrons. The van der Waals surface area contributed by atoms with Gasteiger partial charge in [0.05, 0.1) is 10.7 Å². The van der Waals surface area contributed by atoms with E-state index >= 15 is 0 Å². The molecular formula is C19H21ClN2O2. The first-order chi connectivity index (χ1) is 11.6. The fourth-order valence-electron chi connectivity index (χ4n) is 3.64. The fourth-order valence-corrected chi connectivity index (χ4v) is 3.87. The van der Waals surface area contributed by atoms with Gasteiger partial charge in [0.2, 0.25) is 5.91 Å². The van der Waals surface area contributed by atoms with Gasteiger partial charge in [0.15, 0.2) is 0 Å². The third-order valence-electron chi connectivity index (χ3n) is 4.91. The number of nitrogens with one attached hydrogen (secondary N) is 1. The van der Waals surface area contributed by atoms with Gasteiger partial charge in [0, 0.05) is 36.7 Å². The number of rotatable bonds is 2. The van der Waals surface area contributed by atoms with Crippen molar-refractivity contribution >= 4 is 40.2 Å². The predicted octanol–water partition coefficient (Wildman–Crippen LogP) is 4.33. The third kappa shape index (κ3) is 2.69. The molecule has 0 spiro atoms. The van der Waals surface area contributed by atoms with Gasteiger partial charge in [-0.2, -0.15) is 0 Å². The Kier molecular flexibility index (Phi) is 4.01. The van der Waals surface area contributed by atoms with E-state index in [-0.39, 0.29) is 5.91 Å². The van der Waals surface area contributed by atoms with Crippen LogP contribution in [0.1, 0.15) is 31.1 Å². The first kappa shape index (κ1) is 15.6. The zero-order valence-corrected chi connectivity index (χ0v) is 14.5. The second-order valence-corrected chi connectivity index (χ2v) is 7.20. The van der Waals surface area contributed by atoms with Gasteiger partial charge in [-0.1, -0.05) is 18.5 Å². The number of carbonyl (C=O) groups excluding carboxylic acids is 1. The number of hydrogen-bond acceptors (Lipinski definition) is 3. The van der Waals surface area contributed by atoms with Gasteiger partial charge in [-0.3, -0.25) is 4.79 Å². The van der Waals surface area contributed by atoms with E-state index in [9.17, 15) is 4.79 Å². The number of likely N-dealkylation sites (tertiary alicyclic amines) is 1. The smallest absolute Gasteiger partial charge is 0.246 e. The van der Waals surface area contributed by atoms with Crippen molar-refractivity contribution in [3.63, 3.8) is 0 Å². The summed E-state index contributed by atoms with van der Waals surface area (Å²) < 4.78 is 6.03. The van der Waals surface area contributed by atoms with Gasteiger partial charge < -0.3 is 14.6 Å². The molecule has 1 saturated heterocycles. The minimum atomic E-state index is 0.0678. The van der Waals surface area contributed by atoms with E-state index in [1.807, 2.05) is 23.1 Å². The number of anilines is 1. The minimum Gasteiger partial charge on any atom is -0.456 e. The van der Waals surface area contributed by atoms with Crippen LogP contribution in [-0.4, -0.2) is 30.4 Å². The quantitative estimate of drug-likeness (QED) is 0.825. The SMILES string of the molecule is CC1CNc2c(Cl)ccc3oc(C=CC(=O)N4CCCC4)c(c23)C1. The molecule has 2 aromatic rings. The third-order valence-corrected chi connectivity index (χ3v) is 5.23. The average molecular weight is 345 g/mol. The lowest BCUT2D eigenvalue weighted by molar-refractivity contribution is -0.124. The highest BCUT2D eigenvalue weighted by molar-refractivity contribution is 6.35. The second kappa shape index (κ2) is 6.17. The molecule has 1 N–H and O–H groups in total. The maximum atomic E-state index is 12.3. The van der Waals surface area contributed by atoms with Crippen LogP contribution in [0, 0.1) is 5.92 Å². The zero-order chi connectivity index (χ0) is 16.7. The van der Waals surface area contributed by atoms with Crippen molar-refractivity contribution in [2.45, 2.75) is 26.2 Å². The summed E-state index contributed by atoms with van der Waals surface area (Å²) in [5.41, 5.74) is 2.91. The van der Waals surface area contributed by atoms with Crippen molar-refractivity contribution < 1.29 is 9.21 Å². The lowest BCUT2D eigenvalue weighted by Gasteiger charge is -2.11. The first-order valence-electron chi connectivity index (χ1n) is 8.58. The van der Waals surface area contributed by atoms with Gasteiger partial charge in [-0.05, 0) is 43.4 Å². The number of hydrogen-bond donors (Lipinski definition) is 1. The molecular weight excluding hydrogens is 324 g/mol. The van der Waals surface area contributed by atoms with E-state index in [1.54, 1.807) is 6.08 Å². The van der Waals surface area contributed by atoms with Crippen molar-refractivity contribution in [1.29, 1.82) is 0 Å². The molecule has 4 rings (SSSR count). The summed E-state index contributed by atoms with van der Waals surface area (Å²) in [5, 5.41) is 5.21. The molecule has 1 aromatic carbocycles. The number of nitrogens with zero attached hydrogens (tertiary/aromatic N) is 1. The zero-order valence-electron chi connectivity index (χ0n) is 13.8. The monoisotopic (exact) mass is 344 g/mol. The molecule has 0 saturated carbocycles. The molecule has 3 heterocycles. The topological polar surface area (TPSA) is 45.5 Å². The summed E-state index contributed by atoms with van der Waals surface area (Å²) in [7, 11) is 0. The molecule has 2 aliphatic rings. The van der Waals surface area contributed by atoms with Crippen LogP contribution < -0.4 is 5.32 Å². The fraction of sp³-hybridized carbons (Fsp3) is 0.421. The molecule has 1 atom stereocenters. The van der Waals surface area contributed by atoms with Crippen LogP contribution in [0.5, 0.6) is 0 Å². The molecule has 1 amide bonds. The molecule has 126 valence electrons. The van der Waals surface area contributed by atoms with E-state index in [4.69, 9.17) is 16.0 Å². The number of carbonyl (C=O) groups is 1. The highest BCUT2D eigenvalue weighted by atomic mass is 35.5. The van der Waals surface area contributed by atoms with Gasteiger partial charge in [-0.15, -0.1) is 0 Å². The summed E-state index contributed by atoms with van der Waals surface area (Å²) in [6.45, 7) is 4.80. The Morgan fingerprint density at radius 3 is 2.96 bits per heavy atom. The summed E-state index contributed by atoms with van der Waals surface area (Å²) in [6, 6.07) is 3.76. The minimum absolute atomic E-state index is 0.0678. The number of amides is 1. The highest BCUT2D eigenvalue weighted by Crippen LogP contribution is 2.40. The molecule has 4 nitrogen and oxygen atoms in total. The van der Waals surface area contributed by atoms with Crippen LogP contribution in [0.15, 0.2) is 22.6 Å². The molecule has 1 unspecified atom stereocenters. The lowest BCUT2D eigenvalue weighted by atomic mass is 9.99. The second-order valence-electron chi connectivity index (χ2n) is 6.80. The van der Waals surface area contributed by atoms with E-state index in [1.165, 1.54) is 0 Å². The van der Waals surface area contributed by atoms with Crippen molar-refractivity contribution in [2.24, 2.45) is 5.92 Å². The Balaban J connectivity index is 1.74. The predicted molar refractivity (Wildman–Crippen MR) is 97.4 cm³/mol. The van der Waals surface area contributed by atoms with Crippen LogP contribution in [0.4, 0.5) is 5.69 Å². The van der Waals surface area contributed by atoms with Gasteiger partial charge >= 0.3 is 0 Å². The summed E-state index contributed by atoms with van der Waals surface area (Å²) in [5.74, 6) is 1.31.